The van der Waals surface area contributed by atoms with Gasteiger partial charge in [-0.15, -0.1) is 5.10 Å². The van der Waals surface area contributed by atoms with Gasteiger partial charge >= 0.3 is 0 Å². The molecular formula is C16H13ClN4OS. The van der Waals surface area contributed by atoms with Crippen molar-refractivity contribution in [2.75, 3.05) is 0 Å². The van der Waals surface area contributed by atoms with E-state index in [9.17, 15) is 4.79 Å². The second-order valence-corrected chi connectivity index (χ2v) is 6.59. The number of hydrogen-bond donors (Lipinski definition) is 0. The third-order valence-electron chi connectivity index (χ3n) is 3.20. The van der Waals surface area contributed by atoms with Crippen molar-refractivity contribution in [3.05, 3.63) is 65.2 Å². The lowest BCUT2D eigenvalue weighted by molar-refractivity contribution is 0.0994. The number of thioether (sulfide) groups is 1. The van der Waals surface area contributed by atoms with Gasteiger partial charge in [0.25, 0.3) is 0 Å². The molecule has 0 amide bonds. The number of benzene rings is 2. The molecule has 1 atom stereocenters. The molecule has 0 aliphatic rings. The molecule has 23 heavy (non-hydrogen) atoms. The Balaban J connectivity index is 1.80. The van der Waals surface area contributed by atoms with E-state index in [0.29, 0.717) is 15.7 Å². The van der Waals surface area contributed by atoms with Crippen molar-refractivity contribution in [2.45, 2.75) is 17.3 Å². The number of rotatable bonds is 5. The Morgan fingerprint density at radius 3 is 2.70 bits per heavy atom. The Morgan fingerprint density at radius 1 is 1.17 bits per heavy atom. The first-order valence-electron chi connectivity index (χ1n) is 6.95. The molecule has 0 aliphatic carbocycles. The van der Waals surface area contributed by atoms with Gasteiger partial charge in [0.05, 0.1) is 10.9 Å². The molecular weight excluding hydrogens is 332 g/mol. The van der Waals surface area contributed by atoms with Crippen molar-refractivity contribution >= 4 is 29.1 Å². The molecule has 0 aliphatic heterocycles. The molecule has 0 bridgehead atoms. The molecule has 1 aromatic heterocycles. The van der Waals surface area contributed by atoms with Crippen molar-refractivity contribution in [1.29, 1.82) is 0 Å². The van der Waals surface area contributed by atoms with E-state index in [1.165, 1.54) is 11.8 Å². The Labute approximate surface area is 142 Å². The summed E-state index contributed by atoms with van der Waals surface area (Å²) in [5, 5.41) is 12.5. The lowest BCUT2D eigenvalue weighted by Crippen LogP contribution is -2.14. The van der Waals surface area contributed by atoms with E-state index in [0.717, 1.165) is 5.69 Å². The van der Waals surface area contributed by atoms with Crippen molar-refractivity contribution in [3.63, 3.8) is 0 Å². The van der Waals surface area contributed by atoms with E-state index in [2.05, 4.69) is 15.5 Å². The molecule has 0 radical (unpaired) electrons. The summed E-state index contributed by atoms with van der Waals surface area (Å²) in [7, 11) is 0. The van der Waals surface area contributed by atoms with Crippen molar-refractivity contribution in [2.24, 2.45) is 0 Å². The molecule has 7 heteroatoms. The van der Waals surface area contributed by atoms with Crippen LogP contribution < -0.4 is 0 Å². The summed E-state index contributed by atoms with van der Waals surface area (Å²) in [4.78, 5) is 12.5. The molecule has 1 unspecified atom stereocenters. The lowest BCUT2D eigenvalue weighted by Gasteiger charge is -2.10. The minimum absolute atomic E-state index is 0.0138. The number of tetrazole rings is 1. The summed E-state index contributed by atoms with van der Waals surface area (Å²) in [6.07, 6.45) is 0. The highest BCUT2D eigenvalue weighted by Gasteiger charge is 2.20. The second-order valence-electron chi connectivity index (χ2n) is 4.84. The highest BCUT2D eigenvalue weighted by Crippen LogP contribution is 2.25. The average Bonchev–Trinajstić information content (AvgIpc) is 3.03. The molecule has 0 saturated carbocycles. The zero-order chi connectivity index (χ0) is 16.2. The molecule has 0 N–H and O–H groups in total. The fraction of sp³-hybridized carbons (Fsp3) is 0.125. The molecule has 5 nitrogen and oxygen atoms in total. The second kappa shape index (κ2) is 6.93. The van der Waals surface area contributed by atoms with Gasteiger partial charge in [0.1, 0.15) is 0 Å². The largest absolute Gasteiger partial charge is 0.293 e. The van der Waals surface area contributed by atoms with Crippen molar-refractivity contribution < 1.29 is 4.79 Å². The summed E-state index contributed by atoms with van der Waals surface area (Å²) in [5.74, 6) is -0.0138. The minimum Gasteiger partial charge on any atom is -0.293 e. The van der Waals surface area contributed by atoms with Crippen LogP contribution in [0.25, 0.3) is 5.69 Å². The number of hydrogen-bond acceptors (Lipinski definition) is 5. The number of para-hydroxylation sites is 1. The Morgan fingerprint density at radius 2 is 1.96 bits per heavy atom. The third-order valence-corrected chi connectivity index (χ3v) is 4.47. The van der Waals surface area contributed by atoms with Crippen LogP contribution in [0, 0.1) is 0 Å². The molecule has 0 spiro atoms. The van der Waals surface area contributed by atoms with Crippen LogP contribution in [0.1, 0.15) is 17.3 Å². The first-order chi connectivity index (χ1) is 11.1. The summed E-state index contributed by atoms with van der Waals surface area (Å²) < 4.78 is 1.62. The fourth-order valence-corrected chi connectivity index (χ4v) is 3.15. The standard InChI is InChI=1S/C16H13ClN4OS/c1-11(15(22)12-6-5-7-13(17)10-12)23-16-18-19-20-21(16)14-8-3-2-4-9-14/h2-11H,1H3. The van der Waals surface area contributed by atoms with Gasteiger partial charge in [-0.2, -0.15) is 4.68 Å². The summed E-state index contributed by atoms with van der Waals surface area (Å²) >= 11 is 7.26. The first-order valence-corrected chi connectivity index (χ1v) is 8.21. The molecule has 0 fully saturated rings. The van der Waals surface area contributed by atoms with Gasteiger partial charge in [-0.3, -0.25) is 4.79 Å². The predicted molar refractivity (Wildman–Crippen MR) is 90.3 cm³/mol. The monoisotopic (exact) mass is 344 g/mol. The SMILES string of the molecule is CC(Sc1nnnn1-c1ccccc1)C(=O)c1cccc(Cl)c1. The predicted octanol–water partition coefficient (Wildman–Crippen LogP) is 3.68. The Bertz CT molecular complexity index is 822. The molecule has 2 aromatic carbocycles. The maximum absolute atomic E-state index is 12.5. The van der Waals surface area contributed by atoms with Gasteiger partial charge in [-0.05, 0) is 41.6 Å². The van der Waals surface area contributed by atoms with Gasteiger partial charge in [-0.1, -0.05) is 53.7 Å². The highest BCUT2D eigenvalue weighted by atomic mass is 35.5. The molecule has 116 valence electrons. The van der Waals surface area contributed by atoms with Gasteiger partial charge in [0, 0.05) is 10.6 Å². The number of nitrogens with zero attached hydrogens (tertiary/aromatic N) is 4. The van der Waals surface area contributed by atoms with Crippen LogP contribution in [0.15, 0.2) is 59.8 Å². The Kier molecular flexibility index (Phi) is 4.73. The van der Waals surface area contributed by atoms with Crippen LogP contribution in [-0.4, -0.2) is 31.2 Å². The molecule has 1 heterocycles. The van der Waals surface area contributed by atoms with Crippen LogP contribution in [0.3, 0.4) is 0 Å². The van der Waals surface area contributed by atoms with Gasteiger partial charge < -0.3 is 0 Å². The van der Waals surface area contributed by atoms with Crippen LogP contribution in [0.4, 0.5) is 0 Å². The number of carbonyl (C=O) groups is 1. The van der Waals surface area contributed by atoms with Crippen LogP contribution in [0.2, 0.25) is 5.02 Å². The van der Waals surface area contributed by atoms with E-state index >= 15 is 0 Å². The summed E-state index contributed by atoms with van der Waals surface area (Å²) in [6.45, 7) is 1.83. The summed E-state index contributed by atoms with van der Waals surface area (Å²) in [6, 6.07) is 16.5. The zero-order valence-electron chi connectivity index (χ0n) is 12.3. The van der Waals surface area contributed by atoms with E-state index in [1.807, 2.05) is 37.3 Å². The van der Waals surface area contributed by atoms with E-state index in [-0.39, 0.29) is 11.0 Å². The number of halogens is 1. The van der Waals surface area contributed by atoms with Crippen LogP contribution in [-0.2, 0) is 0 Å². The highest BCUT2D eigenvalue weighted by molar-refractivity contribution is 8.00. The maximum atomic E-state index is 12.5. The van der Waals surface area contributed by atoms with Crippen LogP contribution in [0.5, 0.6) is 0 Å². The molecule has 0 saturated heterocycles. The number of aromatic nitrogens is 4. The Hall–Kier alpha value is -2.18. The van der Waals surface area contributed by atoms with E-state index in [4.69, 9.17) is 11.6 Å². The normalized spacial score (nSPS) is 12.1. The number of ketones is 1. The first kappa shape index (κ1) is 15.7. The maximum Gasteiger partial charge on any atom is 0.214 e. The van der Waals surface area contributed by atoms with Gasteiger partial charge in [0.2, 0.25) is 5.16 Å². The quantitative estimate of drug-likeness (QED) is 0.522. The molecule has 3 aromatic rings. The van der Waals surface area contributed by atoms with Gasteiger partial charge in [-0.25, -0.2) is 0 Å². The number of carbonyl (C=O) groups excluding carboxylic acids is 1. The van der Waals surface area contributed by atoms with E-state index in [1.54, 1.807) is 28.9 Å². The lowest BCUT2D eigenvalue weighted by atomic mass is 10.1. The minimum atomic E-state index is -0.332. The number of Topliss-reactive ketones (excluding diaryl/α,β-unsaturated/α-hetero) is 1. The summed E-state index contributed by atoms with van der Waals surface area (Å²) in [5.41, 5.74) is 1.43. The topological polar surface area (TPSA) is 60.7 Å². The van der Waals surface area contributed by atoms with Gasteiger partial charge in [0.15, 0.2) is 5.78 Å². The fourth-order valence-electron chi connectivity index (χ4n) is 2.07. The van der Waals surface area contributed by atoms with Crippen molar-refractivity contribution in [3.8, 4) is 5.69 Å². The van der Waals surface area contributed by atoms with Crippen LogP contribution >= 0.6 is 23.4 Å². The molecule has 3 rings (SSSR count). The van der Waals surface area contributed by atoms with E-state index < -0.39 is 0 Å². The van der Waals surface area contributed by atoms with Crippen molar-refractivity contribution in [1.82, 2.24) is 20.2 Å². The third kappa shape index (κ3) is 3.60. The average molecular weight is 345 g/mol. The smallest absolute Gasteiger partial charge is 0.214 e. The zero-order valence-corrected chi connectivity index (χ0v) is 13.8.